The van der Waals surface area contributed by atoms with E-state index in [9.17, 15) is 9.59 Å². The monoisotopic (exact) mass is 441 g/mol. The van der Waals surface area contributed by atoms with E-state index in [2.05, 4.69) is 25.6 Å². The lowest BCUT2D eigenvalue weighted by Gasteiger charge is -2.12. The van der Waals surface area contributed by atoms with Crippen molar-refractivity contribution in [1.82, 2.24) is 15.0 Å². The minimum absolute atomic E-state index is 0.229. The lowest BCUT2D eigenvalue weighted by atomic mass is 10.1. The highest BCUT2D eigenvalue weighted by Crippen LogP contribution is 2.23. The summed E-state index contributed by atoms with van der Waals surface area (Å²) in [6.45, 7) is 4.28. The number of H-pyrrole nitrogens is 1. The highest BCUT2D eigenvalue weighted by Gasteiger charge is 2.14. The molecule has 0 aliphatic heterocycles. The summed E-state index contributed by atoms with van der Waals surface area (Å²) in [6.07, 6.45) is 1.62. The van der Waals surface area contributed by atoms with E-state index in [1.54, 1.807) is 43.5 Å². The van der Waals surface area contributed by atoms with Gasteiger partial charge in [0, 0.05) is 34.9 Å². The Bertz CT molecular complexity index is 1330. The Labute approximate surface area is 190 Å². The molecule has 0 saturated carbocycles. The van der Waals surface area contributed by atoms with Gasteiger partial charge in [0.2, 0.25) is 0 Å². The Morgan fingerprint density at radius 1 is 1.03 bits per heavy atom. The van der Waals surface area contributed by atoms with Gasteiger partial charge in [-0.15, -0.1) is 0 Å². The number of amides is 1. The largest absolute Gasteiger partial charge is 0.494 e. The van der Waals surface area contributed by atoms with Gasteiger partial charge in [-0.2, -0.15) is 0 Å². The number of rotatable bonds is 7. The molecular formula is C25H23N5O3. The van der Waals surface area contributed by atoms with Crippen LogP contribution in [0.3, 0.4) is 0 Å². The van der Waals surface area contributed by atoms with Crippen molar-refractivity contribution in [2.75, 3.05) is 17.2 Å². The van der Waals surface area contributed by atoms with Gasteiger partial charge < -0.3 is 20.4 Å². The summed E-state index contributed by atoms with van der Waals surface area (Å²) < 4.78 is 5.46. The normalized spacial score (nSPS) is 10.5. The number of aryl methyl sites for hydroxylation is 1. The molecule has 0 unspecified atom stereocenters. The van der Waals surface area contributed by atoms with Crippen molar-refractivity contribution in [2.45, 2.75) is 13.8 Å². The maximum Gasteiger partial charge on any atom is 0.259 e. The lowest BCUT2D eigenvalue weighted by molar-refractivity contribution is 0.102. The second kappa shape index (κ2) is 9.78. The quantitative estimate of drug-likeness (QED) is 0.389. The van der Waals surface area contributed by atoms with E-state index < -0.39 is 0 Å². The summed E-state index contributed by atoms with van der Waals surface area (Å²) in [5.41, 5.74) is 2.81. The zero-order valence-electron chi connectivity index (χ0n) is 18.3. The van der Waals surface area contributed by atoms with Crippen LogP contribution in [0.5, 0.6) is 5.75 Å². The third kappa shape index (κ3) is 5.43. The van der Waals surface area contributed by atoms with Crippen molar-refractivity contribution in [3.8, 4) is 17.1 Å². The summed E-state index contributed by atoms with van der Waals surface area (Å²) in [5.74, 6) is 1.32. The minimum atomic E-state index is -0.320. The molecule has 0 aliphatic rings. The molecule has 8 nitrogen and oxygen atoms in total. The third-order valence-electron chi connectivity index (χ3n) is 4.74. The summed E-state index contributed by atoms with van der Waals surface area (Å²) in [4.78, 5) is 36.2. The molecule has 33 heavy (non-hydrogen) atoms. The first-order chi connectivity index (χ1) is 16.0. The van der Waals surface area contributed by atoms with E-state index in [0.717, 1.165) is 11.4 Å². The molecule has 0 fully saturated rings. The van der Waals surface area contributed by atoms with Crippen molar-refractivity contribution in [3.05, 3.63) is 94.5 Å². The van der Waals surface area contributed by atoms with Gasteiger partial charge >= 0.3 is 0 Å². The van der Waals surface area contributed by atoms with Crippen molar-refractivity contribution in [2.24, 2.45) is 0 Å². The second-order valence-electron chi connectivity index (χ2n) is 7.25. The number of nitrogens with one attached hydrogen (secondary N) is 3. The SMILES string of the molecule is CCOc1ccc(Nc2ncccc2C(=O)Nc2cccc(-c3nc(C)cc(=O)[nH]3)c2)cc1. The number of carbonyl (C=O) groups excluding carboxylic acids is 1. The van der Waals surface area contributed by atoms with Gasteiger partial charge in [-0.1, -0.05) is 12.1 Å². The van der Waals surface area contributed by atoms with Gasteiger partial charge in [-0.3, -0.25) is 9.59 Å². The first-order valence-corrected chi connectivity index (χ1v) is 10.5. The van der Waals surface area contributed by atoms with Gasteiger partial charge in [0.15, 0.2) is 0 Å². The van der Waals surface area contributed by atoms with E-state index in [1.807, 2.05) is 37.3 Å². The predicted molar refractivity (Wildman–Crippen MR) is 128 cm³/mol. The molecule has 0 atom stereocenters. The molecule has 166 valence electrons. The first-order valence-electron chi connectivity index (χ1n) is 10.5. The number of hydrogen-bond acceptors (Lipinski definition) is 6. The number of benzene rings is 2. The number of carbonyl (C=O) groups is 1. The van der Waals surface area contributed by atoms with Crippen LogP contribution in [0.1, 0.15) is 23.0 Å². The number of anilines is 3. The molecule has 8 heteroatoms. The molecule has 1 amide bonds. The molecule has 2 aromatic heterocycles. The van der Waals surface area contributed by atoms with Gasteiger partial charge in [0.05, 0.1) is 12.2 Å². The fraction of sp³-hybridized carbons (Fsp3) is 0.120. The number of ether oxygens (including phenoxy) is 1. The average molecular weight is 441 g/mol. The Morgan fingerprint density at radius 3 is 2.61 bits per heavy atom. The highest BCUT2D eigenvalue weighted by molar-refractivity contribution is 6.08. The zero-order chi connectivity index (χ0) is 23.2. The molecule has 2 aromatic carbocycles. The summed E-state index contributed by atoms with van der Waals surface area (Å²) in [6, 6.07) is 19.4. The Balaban J connectivity index is 1.54. The van der Waals surface area contributed by atoms with Gasteiger partial charge in [-0.05, 0) is 62.4 Å². The topological polar surface area (TPSA) is 109 Å². The Morgan fingerprint density at radius 2 is 1.85 bits per heavy atom. The van der Waals surface area contributed by atoms with Gasteiger partial charge in [-0.25, -0.2) is 9.97 Å². The molecule has 0 spiro atoms. The van der Waals surface area contributed by atoms with Gasteiger partial charge in [0.1, 0.15) is 17.4 Å². The molecule has 4 rings (SSSR count). The van der Waals surface area contributed by atoms with Crippen molar-refractivity contribution >= 4 is 23.1 Å². The average Bonchev–Trinajstić information content (AvgIpc) is 2.80. The molecule has 2 heterocycles. The van der Waals surface area contributed by atoms with Crippen molar-refractivity contribution in [3.63, 3.8) is 0 Å². The molecular weight excluding hydrogens is 418 g/mol. The third-order valence-corrected chi connectivity index (χ3v) is 4.74. The number of aromatic amines is 1. The van der Waals surface area contributed by atoms with Crippen molar-refractivity contribution in [1.29, 1.82) is 0 Å². The van der Waals surface area contributed by atoms with Crippen LogP contribution in [0, 0.1) is 6.92 Å². The number of nitrogens with zero attached hydrogens (tertiary/aromatic N) is 2. The van der Waals surface area contributed by atoms with E-state index in [1.165, 1.54) is 6.07 Å². The lowest BCUT2D eigenvalue weighted by Crippen LogP contribution is -2.15. The standard InChI is InChI=1S/C25H23N5O3/c1-3-33-20-11-9-18(10-12-20)28-24-21(8-5-13-26-24)25(32)29-19-7-4-6-17(15-19)23-27-16(2)14-22(31)30-23/h4-15H,3H2,1-2H3,(H,26,28)(H,29,32)(H,27,30,31). The van der Waals surface area contributed by atoms with Crippen LogP contribution < -0.4 is 20.9 Å². The summed E-state index contributed by atoms with van der Waals surface area (Å²) in [5, 5.41) is 6.07. The molecule has 0 bridgehead atoms. The maximum absolute atomic E-state index is 13.0. The molecule has 4 aromatic rings. The smallest absolute Gasteiger partial charge is 0.259 e. The molecule has 0 radical (unpaired) electrons. The minimum Gasteiger partial charge on any atom is -0.494 e. The maximum atomic E-state index is 13.0. The number of hydrogen-bond donors (Lipinski definition) is 3. The summed E-state index contributed by atoms with van der Waals surface area (Å²) >= 11 is 0. The van der Waals surface area contributed by atoms with E-state index in [0.29, 0.717) is 40.8 Å². The van der Waals surface area contributed by atoms with Crippen LogP contribution in [-0.2, 0) is 0 Å². The van der Waals surface area contributed by atoms with Crippen molar-refractivity contribution < 1.29 is 9.53 Å². The van der Waals surface area contributed by atoms with E-state index in [4.69, 9.17) is 4.74 Å². The molecule has 0 aliphatic carbocycles. The summed E-state index contributed by atoms with van der Waals surface area (Å²) in [7, 11) is 0. The van der Waals surface area contributed by atoms with E-state index >= 15 is 0 Å². The first kappa shape index (κ1) is 21.8. The Kier molecular flexibility index (Phi) is 6.45. The fourth-order valence-electron chi connectivity index (χ4n) is 3.28. The van der Waals surface area contributed by atoms with Crippen LogP contribution in [0.15, 0.2) is 77.7 Å². The van der Waals surface area contributed by atoms with Crippen LogP contribution in [0.2, 0.25) is 0 Å². The second-order valence-corrected chi connectivity index (χ2v) is 7.25. The Hall–Kier alpha value is -4.46. The van der Waals surface area contributed by atoms with Crippen LogP contribution >= 0.6 is 0 Å². The van der Waals surface area contributed by atoms with Crippen LogP contribution in [0.4, 0.5) is 17.2 Å². The van der Waals surface area contributed by atoms with Crippen LogP contribution in [0.25, 0.3) is 11.4 Å². The predicted octanol–water partition coefficient (Wildman–Crippen LogP) is 4.53. The van der Waals surface area contributed by atoms with Gasteiger partial charge in [0.25, 0.3) is 11.5 Å². The number of aromatic nitrogens is 3. The zero-order valence-corrected chi connectivity index (χ0v) is 18.3. The fourth-order valence-corrected chi connectivity index (χ4v) is 3.28. The highest BCUT2D eigenvalue weighted by atomic mass is 16.5. The van der Waals surface area contributed by atoms with Crippen LogP contribution in [-0.4, -0.2) is 27.5 Å². The molecule has 3 N–H and O–H groups in total. The number of pyridine rings is 1. The molecule has 0 saturated heterocycles. The van der Waals surface area contributed by atoms with E-state index in [-0.39, 0.29) is 11.5 Å².